The van der Waals surface area contributed by atoms with Crippen LogP contribution >= 0.6 is 0 Å². The minimum Gasteiger partial charge on any atom is -0.444 e. The molecule has 0 saturated heterocycles. The highest BCUT2D eigenvalue weighted by molar-refractivity contribution is 5.13. The van der Waals surface area contributed by atoms with Gasteiger partial charge in [-0.2, -0.15) is 0 Å². The summed E-state index contributed by atoms with van der Waals surface area (Å²) in [5, 5.41) is 3.06. The number of hydrogen-bond donors (Lipinski definition) is 1. The van der Waals surface area contributed by atoms with E-state index in [0.717, 1.165) is 18.2 Å². The highest BCUT2D eigenvalue weighted by Crippen LogP contribution is 2.43. The molecule has 0 bridgehead atoms. The van der Waals surface area contributed by atoms with E-state index in [1.165, 1.54) is 32.1 Å². The first kappa shape index (κ1) is 10.7. The summed E-state index contributed by atoms with van der Waals surface area (Å²) in [6, 6.07) is 0. The minimum atomic E-state index is 0.291. The molecular formula is C12H20N2O. The maximum absolute atomic E-state index is 5.83. The van der Waals surface area contributed by atoms with Crippen molar-refractivity contribution in [2.24, 2.45) is 0 Å². The second-order valence-corrected chi connectivity index (χ2v) is 4.49. The molecule has 0 atom stereocenters. The van der Waals surface area contributed by atoms with Crippen molar-refractivity contribution >= 4 is 0 Å². The first-order valence-corrected chi connectivity index (χ1v) is 5.90. The second-order valence-electron chi connectivity index (χ2n) is 4.49. The standard InChI is InChI=1S/C12H20N2O/c1-3-12(6-4-5-7-12)10-8-14-11(15-10)9-13-2/h8,13H,3-7,9H2,1-2H3. The highest BCUT2D eigenvalue weighted by Gasteiger charge is 2.37. The van der Waals surface area contributed by atoms with Gasteiger partial charge in [0.25, 0.3) is 0 Å². The Balaban J connectivity index is 2.19. The Morgan fingerprint density at radius 2 is 2.20 bits per heavy atom. The zero-order chi connectivity index (χ0) is 10.7. The summed E-state index contributed by atoms with van der Waals surface area (Å²) in [4.78, 5) is 4.31. The summed E-state index contributed by atoms with van der Waals surface area (Å²) in [5.41, 5.74) is 0.291. The van der Waals surface area contributed by atoms with Crippen LogP contribution in [0, 0.1) is 0 Å². The molecule has 2 rings (SSSR count). The van der Waals surface area contributed by atoms with Crippen LogP contribution < -0.4 is 5.32 Å². The van der Waals surface area contributed by atoms with Gasteiger partial charge in [-0.25, -0.2) is 4.98 Å². The quantitative estimate of drug-likeness (QED) is 0.826. The predicted octanol–water partition coefficient (Wildman–Crippen LogP) is 2.62. The van der Waals surface area contributed by atoms with Crippen LogP contribution in [-0.4, -0.2) is 12.0 Å². The van der Waals surface area contributed by atoms with E-state index in [-0.39, 0.29) is 0 Å². The second kappa shape index (κ2) is 4.35. The van der Waals surface area contributed by atoms with E-state index >= 15 is 0 Å². The van der Waals surface area contributed by atoms with Crippen LogP contribution in [-0.2, 0) is 12.0 Å². The molecule has 0 aliphatic heterocycles. The number of nitrogens with one attached hydrogen (secondary N) is 1. The van der Waals surface area contributed by atoms with Gasteiger partial charge in [0.05, 0.1) is 12.7 Å². The van der Waals surface area contributed by atoms with Gasteiger partial charge < -0.3 is 9.73 Å². The molecule has 0 amide bonds. The molecule has 1 aromatic heterocycles. The van der Waals surface area contributed by atoms with E-state index in [4.69, 9.17) is 4.42 Å². The van der Waals surface area contributed by atoms with Crippen molar-refractivity contribution in [3.63, 3.8) is 0 Å². The van der Waals surface area contributed by atoms with E-state index in [1.807, 2.05) is 13.2 Å². The number of oxazole rings is 1. The normalized spacial score (nSPS) is 19.6. The van der Waals surface area contributed by atoms with Gasteiger partial charge in [0, 0.05) is 5.41 Å². The molecule has 0 spiro atoms. The SMILES string of the molecule is CCC1(c2cnc(CNC)o2)CCCC1. The number of nitrogens with zero attached hydrogens (tertiary/aromatic N) is 1. The van der Waals surface area contributed by atoms with Crippen LogP contribution in [0.15, 0.2) is 10.6 Å². The van der Waals surface area contributed by atoms with Crippen molar-refractivity contribution in [1.29, 1.82) is 0 Å². The van der Waals surface area contributed by atoms with Crippen LogP contribution in [0.4, 0.5) is 0 Å². The zero-order valence-corrected chi connectivity index (χ0v) is 9.68. The van der Waals surface area contributed by atoms with Crippen molar-refractivity contribution in [3.05, 3.63) is 17.8 Å². The third-order valence-corrected chi connectivity index (χ3v) is 3.64. The molecule has 1 heterocycles. The van der Waals surface area contributed by atoms with E-state index in [0.29, 0.717) is 5.41 Å². The van der Waals surface area contributed by atoms with Gasteiger partial charge in [0.15, 0.2) is 0 Å². The molecule has 1 fully saturated rings. The molecular weight excluding hydrogens is 188 g/mol. The average molecular weight is 208 g/mol. The Morgan fingerprint density at radius 3 is 2.80 bits per heavy atom. The highest BCUT2D eigenvalue weighted by atomic mass is 16.4. The van der Waals surface area contributed by atoms with E-state index in [1.54, 1.807) is 0 Å². The minimum absolute atomic E-state index is 0.291. The fourth-order valence-electron chi connectivity index (χ4n) is 2.61. The van der Waals surface area contributed by atoms with Crippen molar-refractivity contribution in [2.75, 3.05) is 7.05 Å². The fraction of sp³-hybridized carbons (Fsp3) is 0.750. The van der Waals surface area contributed by atoms with Crippen LogP contribution in [0.1, 0.15) is 50.7 Å². The van der Waals surface area contributed by atoms with Gasteiger partial charge in [0.1, 0.15) is 5.76 Å². The fourth-order valence-corrected chi connectivity index (χ4v) is 2.61. The monoisotopic (exact) mass is 208 g/mol. The summed E-state index contributed by atoms with van der Waals surface area (Å²) in [6.45, 7) is 2.98. The summed E-state index contributed by atoms with van der Waals surface area (Å²) in [5.74, 6) is 1.92. The largest absolute Gasteiger partial charge is 0.444 e. The zero-order valence-electron chi connectivity index (χ0n) is 9.68. The van der Waals surface area contributed by atoms with Gasteiger partial charge in [-0.1, -0.05) is 19.8 Å². The molecule has 1 aliphatic carbocycles. The number of rotatable bonds is 4. The van der Waals surface area contributed by atoms with Gasteiger partial charge in [-0.05, 0) is 26.3 Å². The molecule has 0 unspecified atom stereocenters. The lowest BCUT2D eigenvalue weighted by molar-refractivity contribution is 0.314. The van der Waals surface area contributed by atoms with Crippen LogP contribution in [0.25, 0.3) is 0 Å². The van der Waals surface area contributed by atoms with E-state index in [9.17, 15) is 0 Å². The maximum Gasteiger partial charge on any atom is 0.208 e. The molecule has 1 saturated carbocycles. The third-order valence-electron chi connectivity index (χ3n) is 3.64. The van der Waals surface area contributed by atoms with Crippen molar-refractivity contribution in [3.8, 4) is 0 Å². The average Bonchev–Trinajstić information content (AvgIpc) is 2.86. The van der Waals surface area contributed by atoms with E-state index < -0.39 is 0 Å². The summed E-state index contributed by atoms with van der Waals surface area (Å²) in [7, 11) is 1.91. The third kappa shape index (κ3) is 1.93. The molecule has 1 aliphatic rings. The molecule has 0 aromatic carbocycles. The Morgan fingerprint density at radius 1 is 1.47 bits per heavy atom. The topological polar surface area (TPSA) is 38.1 Å². The van der Waals surface area contributed by atoms with Crippen LogP contribution in [0.3, 0.4) is 0 Å². The van der Waals surface area contributed by atoms with Gasteiger partial charge >= 0.3 is 0 Å². The lowest BCUT2D eigenvalue weighted by atomic mass is 9.81. The first-order valence-electron chi connectivity index (χ1n) is 5.90. The Labute approximate surface area is 91.3 Å². The van der Waals surface area contributed by atoms with Gasteiger partial charge in [0.2, 0.25) is 5.89 Å². The summed E-state index contributed by atoms with van der Waals surface area (Å²) >= 11 is 0. The number of hydrogen-bond acceptors (Lipinski definition) is 3. The molecule has 0 radical (unpaired) electrons. The smallest absolute Gasteiger partial charge is 0.208 e. The molecule has 84 valence electrons. The van der Waals surface area contributed by atoms with Crippen LogP contribution in [0.2, 0.25) is 0 Å². The van der Waals surface area contributed by atoms with Crippen molar-refractivity contribution in [2.45, 2.75) is 51.0 Å². The lowest BCUT2D eigenvalue weighted by Gasteiger charge is -2.23. The molecule has 1 aromatic rings. The van der Waals surface area contributed by atoms with E-state index in [2.05, 4.69) is 17.2 Å². The Bertz CT molecular complexity index is 313. The first-order chi connectivity index (χ1) is 7.30. The summed E-state index contributed by atoms with van der Waals surface area (Å²) in [6.07, 6.45) is 8.28. The Kier molecular flexibility index (Phi) is 3.10. The van der Waals surface area contributed by atoms with Crippen molar-refractivity contribution in [1.82, 2.24) is 10.3 Å². The molecule has 3 nitrogen and oxygen atoms in total. The van der Waals surface area contributed by atoms with Crippen molar-refractivity contribution < 1.29 is 4.42 Å². The van der Waals surface area contributed by atoms with Gasteiger partial charge in [-0.15, -0.1) is 0 Å². The maximum atomic E-state index is 5.83. The van der Waals surface area contributed by atoms with Crippen LogP contribution in [0.5, 0.6) is 0 Å². The summed E-state index contributed by atoms with van der Waals surface area (Å²) < 4.78 is 5.83. The number of aromatic nitrogens is 1. The predicted molar refractivity (Wildman–Crippen MR) is 59.7 cm³/mol. The Hall–Kier alpha value is -0.830. The van der Waals surface area contributed by atoms with Gasteiger partial charge in [-0.3, -0.25) is 0 Å². The molecule has 3 heteroatoms. The molecule has 1 N–H and O–H groups in total. The lowest BCUT2D eigenvalue weighted by Crippen LogP contribution is -2.19. The molecule has 15 heavy (non-hydrogen) atoms.